The fourth-order valence-electron chi connectivity index (χ4n) is 4.40. The average Bonchev–Trinajstić information content (AvgIpc) is 3.37. The number of nitrogens with zero attached hydrogens (tertiary/aromatic N) is 6. The maximum Gasteiger partial charge on any atom is 0.246 e. The fourth-order valence-corrected chi connectivity index (χ4v) is 6.05. The second-order valence-electron chi connectivity index (χ2n) is 7.44. The van der Waals surface area contributed by atoms with Crippen molar-refractivity contribution in [2.24, 2.45) is 0 Å². The van der Waals surface area contributed by atoms with Gasteiger partial charge in [0.1, 0.15) is 11.2 Å². The van der Waals surface area contributed by atoms with Crippen LogP contribution in [0.15, 0.2) is 29.7 Å². The number of aromatic nitrogens is 5. The molecule has 8 nitrogen and oxygen atoms in total. The Balaban J connectivity index is 1.37. The molecule has 2 aliphatic heterocycles. The number of sulfonamides is 1. The molecule has 0 saturated carbocycles. The number of rotatable bonds is 3. The van der Waals surface area contributed by atoms with E-state index in [9.17, 15) is 8.42 Å². The monoisotopic (exact) mass is 386 g/mol. The third-order valence-electron chi connectivity index (χ3n) is 5.87. The molecule has 2 aliphatic rings. The third kappa shape index (κ3) is 2.68. The molecule has 142 valence electrons. The molecule has 0 unspecified atom stereocenters. The summed E-state index contributed by atoms with van der Waals surface area (Å²) in [6, 6.07) is 2.04. The molecule has 0 atom stereocenters. The van der Waals surface area contributed by atoms with Gasteiger partial charge in [0.2, 0.25) is 10.0 Å². The molecule has 3 aromatic rings. The number of fused-ring (bicyclic) bond motifs is 2. The minimum Gasteiger partial charge on any atom is -0.268 e. The second kappa shape index (κ2) is 6.13. The van der Waals surface area contributed by atoms with E-state index in [0.717, 1.165) is 43.6 Å². The van der Waals surface area contributed by atoms with Crippen LogP contribution in [0.5, 0.6) is 0 Å². The van der Waals surface area contributed by atoms with E-state index in [1.807, 2.05) is 16.9 Å². The summed E-state index contributed by atoms with van der Waals surface area (Å²) in [6.45, 7) is 3.97. The van der Waals surface area contributed by atoms with Crippen LogP contribution in [0.4, 0.5) is 0 Å². The molecule has 0 aliphatic carbocycles. The fraction of sp³-hybridized carbons (Fsp3) is 0.500. The number of piperidine rings is 1. The van der Waals surface area contributed by atoms with Crippen molar-refractivity contribution in [1.82, 2.24) is 28.7 Å². The molecule has 3 aromatic heterocycles. The largest absolute Gasteiger partial charge is 0.268 e. The Morgan fingerprint density at radius 3 is 2.78 bits per heavy atom. The van der Waals surface area contributed by atoms with E-state index in [0.29, 0.717) is 23.9 Å². The number of hydrogen-bond acceptors (Lipinski definition) is 5. The van der Waals surface area contributed by atoms with Gasteiger partial charge in [0, 0.05) is 25.8 Å². The van der Waals surface area contributed by atoms with Crippen LogP contribution in [-0.2, 0) is 23.0 Å². The van der Waals surface area contributed by atoms with Crippen LogP contribution in [0.2, 0.25) is 0 Å². The van der Waals surface area contributed by atoms with E-state index < -0.39 is 10.0 Å². The molecule has 27 heavy (non-hydrogen) atoms. The van der Waals surface area contributed by atoms with Crippen molar-refractivity contribution >= 4 is 15.7 Å². The molecule has 0 radical (unpaired) electrons. The van der Waals surface area contributed by atoms with Gasteiger partial charge >= 0.3 is 0 Å². The van der Waals surface area contributed by atoms with Crippen LogP contribution in [0.25, 0.3) is 5.65 Å². The van der Waals surface area contributed by atoms with E-state index in [2.05, 4.69) is 22.1 Å². The third-order valence-corrected chi connectivity index (χ3v) is 7.81. The van der Waals surface area contributed by atoms with E-state index in [-0.39, 0.29) is 0 Å². The summed E-state index contributed by atoms with van der Waals surface area (Å²) in [6.07, 6.45) is 8.50. The van der Waals surface area contributed by atoms with Gasteiger partial charge in [-0.1, -0.05) is 0 Å². The minimum absolute atomic E-state index is 0.336. The maximum atomic E-state index is 13.1. The van der Waals surface area contributed by atoms with Gasteiger partial charge in [-0.05, 0) is 55.7 Å². The molecule has 0 aromatic carbocycles. The van der Waals surface area contributed by atoms with Crippen molar-refractivity contribution in [3.8, 4) is 0 Å². The summed E-state index contributed by atoms with van der Waals surface area (Å²) < 4.78 is 31.5. The van der Waals surface area contributed by atoms with Gasteiger partial charge in [-0.2, -0.15) is 14.5 Å². The number of hydrogen-bond donors (Lipinski definition) is 0. The maximum absolute atomic E-state index is 13.1. The smallest absolute Gasteiger partial charge is 0.246 e. The van der Waals surface area contributed by atoms with Crippen LogP contribution in [0.3, 0.4) is 0 Å². The van der Waals surface area contributed by atoms with E-state index >= 15 is 0 Å². The van der Waals surface area contributed by atoms with E-state index in [1.165, 1.54) is 17.3 Å². The lowest BCUT2D eigenvalue weighted by molar-refractivity contribution is 0.318. The van der Waals surface area contributed by atoms with Gasteiger partial charge in [0.05, 0.1) is 11.9 Å². The zero-order valence-corrected chi connectivity index (χ0v) is 16.1. The molecular formula is C18H22N6O2S. The molecule has 1 saturated heterocycles. The highest BCUT2D eigenvalue weighted by Gasteiger charge is 2.34. The van der Waals surface area contributed by atoms with Gasteiger partial charge in [0.15, 0.2) is 5.65 Å². The molecule has 5 heterocycles. The van der Waals surface area contributed by atoms with Crippen molar-refractivity contribution in [2.75, 3.05) is 13.1 Å². The van der Waals surface area contributed by atoms with Gasteiger partial charge in [0.25, 0.3) is 0 Å². The number of aryl methyl sites for hydroxylation is 2. The predicted molar refractivity (Wildman–Crippen MR) is 99.0 cm³/mol. The van der Waals surface area contributed by atoms with Crippen molar-refractivity contribution in [1.29, 1.82) is 0 Å². The van der Waals surface area contributed by atoms with Crippen molar-refractivity contribution in [2.45, 2.75) is 50.0 Å². The van der Waals surface area contributed by atoms with Crippen molar-refractivity contribution < 1.29 is 8.42 Å². The predicted octanol–water partition coefficient (Wildman–Crippen LogP) is 1.75. The number of pyridine rings is 1. The summed E-state index contributed by atoms with van der Waals surface area (Å²) in [5, 5.41) is 8.48. The lowest BCUT2D eigenvalue weighted by Crippen LogP contribution is -2.38. The van der Waals surface area contributed by atoms with Gasteiger partial charge in [-0.15, -0.1) is 0 Å². The average molecular weight is 386 g/mol. The quantitative estimate of drug-likeness (QED) is 0.685. The Bertz CT molecular complexity index is 1110. The first-order valence-corrected chi connectivity index (χ1v) is 10.8. The normalized spacial score (nSPS) is 19.0. The van der Waals surface area contributed by atoms with E-state index in [4.69, 9.17) is 0 Å². The Labute approximate surface area is 157 Å². The van der Waals surface area contributed by atoms with Crippen molar-refractivity contribution in [3.63, 3.8) is 0 Å². The zero-order valence-electron chi connectivity index (χ0n) is 15.2. The first-order chi connectivity index (χ1) is 13.0. The zero-order chi connectivity index (χ0) is 18.6. The van der Waals surface area contributed by atoms with Crippen molar-refractivity contribution in [3.05, 3.63) is 41.6 Å². The topological polar surface area (TPSA) is 85.4 Å². The second-order valence-corrected chi connectivity index (χ2v) is 9.34. The molecule has 1 fully saturated rings. The van der Waals surface area contributed by atoms with Gasteiger partial charge in [-0.25, -0.2) is 17.9 Å². The highest BCUT2D eigenvalue weighted by Crippen LogP contribution is 2.33. The minimum atomic E-state index is -3.46. The summed E-state index contributed by atoms with van der Waals surface area (Å²) in [5.41, 5.74) is 4.12. The molecule has 9 heteroatoms. The summed E-state index contributed by atoms with van der Waals surface area (Å²) in [5.74, 6) is 0.336. The molecule has 0 amide bonds. The Morgan fingerprint density at radius 1 is 1.15 bits per heavy atom. The first-order valence-electron chi connectivity index (χ1n) is 9.39. The van der Waals surface area contributed by atoms with Gasteiger partial charge < -0.3 is 0 Å². The highest BCUT2D eigenvalue weighted by molar-refractivity contribution is 7.89. The van der Waals surface area contributed by atoms with Gasteiger partial charge in [-0.3, -0.25) is 4.68 Å². The van der Waals surface area contributed by atoms with Crippen LogP contribution >= 0.6 is 0 Å². The first kappa shape index (κ1) is 16.9. The lowest BCUT2D eigenvalue weighted by Gasteiger charge is -2.31. The molecule has 0 spiro atoms. The van der Waals surface area contributed by atoms with Crippen LogP contribution in [0, 0.1) is 6.92 Å². The standard InChI is InChI=1S/C18H22N6O2S/c1-13-9-18-19-12-21-24(18)11-15(13)14-4-7-22(8-5-14)27(25,26)17-10-20-23-6-2-3-16(17)23/h9-12,14H,2-8H2,1H3. The SMILES string of the molecule is Cc1cc2ncnn2cc1C1CCN(S(=O)(=O)c2cnn3c2CCC3)CC1. The Hall–Kier alpha value is -2.26. The molecular weight excluding hydrogens is 364 g/mol. The van der Waals surface area contributed by atoms with Crippen LogP contribution in [0.1, 0.15) is 42.0 Å². The molecule has 5 rings (SSSR count). The molecule has 0 N–H and O–H groups in total. The lowest BCUT2D eigenvalue weighted by atomic mass is 9.89. The molecule has 0 bridgehead atoms. The summed E-state index contributed by atoms with van der Waals surface area (Å²) >= 11 is 0. The summed E-state index contributed by atoms with van der Waals surface area (Å²) in [7, 11) is -3.46. The van der Waals surface area contributed by atoms with E-state index in [1.54, 1.807) is 15.1 Å². The Morgan fingerprint density at radius 2 is 1.96 bits per heavy atom. The van der Waals surface area contributed by atoms with Crippen LogP contribution < -0.4 is 0 Å². The Kier molecular flexibility index (Phi) is 3.83. The summed E-state index contributed by atoms with van der Waals surface area (Å²) in [4.78, 5) is 4.63. The highest BCUT2D eigenvalue weighted by atomic mass is 32.2. The van der Waals surface area contributed by atoms with Crippen LogP contribution in [-0.4, -0.2) is 50.2 Å².